The third-order valence-electron chi connectivity index (χ3n) is 3.42. The van der Waals surface area contributed by atoms with Gasteiger partial charge in [0.25, 0.3) is 5.91 Å². The van der Waals surface area contributed by atoms with E-state index in [1.807, 2.05) is 13.8 Å². The molecule has 1 heterocycles. The number of fused-ring (bicyclic) bond motifs is 1. The molecule has 0 aromatic heterocycles. The first-order chi connectivity index (χ1) is 10.9. The molecule has 1 aliphatic rings. The van der Waals surface area contributed by atoms with E-state index < -0.39 is 29.9 Å². The van der Waals surface area contributed by atoms with E-state index in [1.54, 1.807) is 24.3 Å². The zero-order valence-electron chi connectivity index (χ0n) is 13.0. The number of carboxylic acids is 1. The quantitative estimate of drug-likeness (QED) is 0.734. The lowest BCUT2D eigenvalue weighted by molar-refractivity contribution is -0.142. The highest BCUT2D eigenvalue weighted by molar-refractivity contribution is 6.00. The first kappa shape index (κ1) is 16.8. The highest BCUT2D eigenvalue weighted by Gasteiger charge is 2.31. The summed E-state index contributed by atoms with van der Waals surface area (Å²) in [6.45, 7) is 3.74. The molecular formula is C16H20N2O5. The lowest BCUT2D eigenvalue weighted by Crippen LogP contribution is -2.46. The van der Waals surface area contributed by atoms with Crippen LogP contribution in [0.3, 0.4) is 0 Å². The van der Waals surface area contributed by atoms with Gasteiger partial charge in [0.2, 0.25) is 5.91 Å². The largest absolute Gasteiger partial charge is 0.480 e. The molecule has 0 saturated heterocycles. The number of carbonyl (C=O) groups is 3. The smallest absolute Gasteiger partial charge is 0.326 e. The molecule has 7 heteroatoms. The summed E-state index contributed by atoms with van der Waals surface area (Å²) in [5.74, 6) is -1.43. The summed E-state index contributed by atoms with van der Waals surface area (Å²) in [5.41, 5.74) is 0.553. The molecule has 1 unspecified atom stereocenters. The lowest BCUT2D eigenvalue weighted by atomic mass is 10.0. The van der Waals surface area contributed by atoms with Crippen LogP contribution in [0.5, 0.6) is 5.75 Å². The Kier molecular flexibility index (Phi) is 5.20. The Balaban J connectivity index is 1.97. The molecule has 1 aromatic carbocycles. The molecule has 0 bridgehead atoms. The number of carbonyl (C=O) groups excluding carboxylic acids is 2. The van der Waals surface area contributed by atoms with Gasteiger partial charge in [-0.15, -0.1) is 0 Å². The van der Waals surface area contributed by atoms with E-state index in [-0.39, 0.29) is 12.3 Å². The predicted octanol–water partition coefficient (Wildman–Crippen LogP) is 1.39. The van der Waals surface area contributed by atoms with Gasteiger partial charge >= 0.3 is 5.97 Å². The Morgan fingerprint density at radius 1 is 1.35 bits per heavy atom. The van der Waals surface area contributed by atoms with Gasteiger partial charge in [-0.2, -0.15) is 0 Å². The molecule has 0 aliphatic carbocycles. The van der Waals surface area contributed by atoms with Crippen LogP contribution < -0.4 is 15.4 Å². The number of anilines is 1. The lowest BCUT2D eigenvalue weighted by Gasteiger charge is -2.26. The maximum Gasteiger partial charge on any atom is 0.326 e. The Labute approximate surface area is 134 Å². The first-order valence-electron chi connectivity index (χ1n) is 7.45. The average molecular weight is 320 g/mol. The van der Waals surface area contributed by atoms with Gasteiger partial charge < -0.3 is 20.5 Å². The van der Waals surface area contributed by atoms with E-state index in [0.29, 0.717) is 17.9 Å². The SMILES string of the molecule is CC(C)C[C@@H](NC(=O)CC1Oc2ccccc2NC1=O)C(=O)O. The van der Waals surface area contributed by atoms with Gasteiger partial charge in [0.05, 0.1) is 12.1 Å². The number of carboxylic acid groups (broad SMARTS) is 1. The Morgan fingerprint density at radius 3 is 2.70 bits per heavy atom. The Bertz CT molecular complexity index is 614. The minimum Gasteiger partial charge on any atom is -0.480 e. The maximum atomic E-state index is 12.0. The van der Waals surface area contributed by atoms with Crippen LogP contribution in [0.1, 0.15) is 26.7 Å². The van der Waals surface area contributed by atoms with Gasteiger partial charge in [-0.1, -0.05) is 26.0 Å². The first-order valence-corrected chi connectivity index (χ1v) is 7.45. The summed E-state index contributed by atoms with van der Waals surface area (Å²) in [6, 6.07) is 5.95. The summed E-state index contributed by atoms with van der Waals surface area (Å²) >= 11 is 0. The zero-order valence-corrected chi connectivity index (χ0v) is 13.0. The molecule has 0 fully saturated rings. The van der Waals surface area contributed by atoms with Crippen LogP contribution in [0, 0.1) is 5.92 Å². The van der Waals surface area contributed by atoms with Gasteiger partial charge in [0.1, 0.15) is 11.8 Å². The molecule has 2 amide bonds. The van der Waals surface area contributed by atoms with Gasteiger partial charge in [0.15, 0.2) is 6.10 Å². The van der Waals surface area contributed by atoms with Crippen molar-refractivity contribution in [3.05, 3.63) is 24.3 Å². The number of amides is 2. The normalized spacial score (nSPS) is 17.7. The van der Waals surface area contributed by atoms with E-state index in [0.717, 1.165) is 0 Å². The number of hydrogen-bond acceptors (Lipinski definition) is 4. The predicted molar refractivity (Wildman–Crippen MR) is 83.1 cm³/mol. The van der Waals surface area contributed by atoms with Crippen molar-refractivity contribution in [1.82, 2.24) is 5.32 Å². The standard InChI is InChI=1S/C16H20N2O5/c1-9(2)7-11(16(21)22)17-14(19)8-13-15(20)18-10-5-3-4-6-12(10)23-13/h3-6,9,11,13H,7-8H2,1-2H3,(H,17,19)(H,18,20)(H,21,22)/t11-,13?/m1/s1. The number of hydrogen-bond donors (Lipinski definition) is 3. The second-order valence-corrected chi connectivity index (χ2v) is 5.88. The topological polar surface area (TPSA) is 105 Å². The monoisotopic (exact) mass is 320 g/mol. The van der Waals surface area contributed by atoms with Crippen molar-refractivity contribution in [1.29, 1.82) is 0 Å². The summed E-state index contributed by atoms with van der Waals surface area (Å²) < 4.78 is 5.52. The number of aliphatic carboxylic acids is 1. The van der Waals surface area contributed by atoms with E-state index >= 15 is 0 Å². The van der Waals surface area contributed by atoms with E-state index in [1.165, 1.54) is 0 Å². The fourth-order valence-electron chi connectivity index (χ4n) is 2.34. The van der Waals surface area contributed by atoms with Crippen LogP contribution in [-0.2, 0) is 14.4 Å². The third kappa shape index (κ3) is 4.45. The zero-order chi connectivity index (χ0) is 17.0. The van der Waals surface area contributed by atoms with Crippen molar-refractivity contribution in [3.8, 4) is 5.75 Å². The van der Waals surface area contributed by atoms with Crippen LogP contribution in [0.4, 0.5) is 5.69 Å². The van der Waals surface area contributed by atoms with Crippen LogP contribution in [0.2, 0.25) is 0 Å². The molecular weight excluding hydrogens is 300 g/mol. The summed E-state index contributed by atoms with van der Waals surface area (Å²) in [7, 11) is 0. The molecule has 7 nitrogen and oxygen atoms in total. The second kappa shape index (κ2) is 7.13. The number of nitrogens with one attached hydrogen (secondary N) is 2. The van der Waals surface area contributed by atoms with Crippen LogP contribution in [0.15, 0.2) is 24.3 Å². The molecule has 23 heavy (non-hydrogen) atoms. The highest BCUT2D eigenvalue weighted by atomic mass is 16.5. The van der Waals surface area contributed by atoms with Crippen molar-refractivity contribution < 1.29 is 24.2 Å². The van der Waals surface area contributed by atoms with E-state index in [2.05, 4.69) is 10.6 Å². The molecule has 0 saturated carbocycles. The maximum absolute atomic E-state index is 12.0. The molecule has 1 aliphatic heterocycles. The number of benzene rings is 1. The molecule has 0 spiro atoms. The molecule has 3 N–H and O–H groups in total. The average Bonchev–Trinajstić information content (AvgIpc) is 2.46. The minimum atomic E-state index is -1.09. The highest BCUT2D eigenvalue weighted by Crippen LogP contribution is 2.29. The number of rotatable bonds is 6. The van der Waals surface area contributed by atoms with Crippen LogP contribution in [0.25, 0.3) is 0 Å². The van der Waals surface area contributed by atoms with Crippen molar-refractivity contribution in [2.75, 3.05) is 5.32 Å². The molecule has 2 rings (SSSR count). The fourth-order valence-corrected chi connectivity index (χ4v) is 2.34. The van der Waals surface area contributed by atoms with Gasteiger partial charge in [-0.25, -0.2) is 4.79 Å². The summed E-state index contributed by atoms with van der Waals surface area (Å²) in [5, 5.41) is 14.2. The Morgan fingerprint density at radius 2 is 2.04 bits per heavy atom. The second-order valence-electron chi connectivity index (χ2n) is 5.88. The summed E-state index contributed by atoms with van der Waals surface area (Å²) in [4.78, 5) is 35.2. The van der Waals surface area contributed by atoms with Gasteiger partial charge in [-0.05, 0) is 24.5 Å². The van der Waals surface area contributed by atoms with Crippen molar-refractivity contribution in [2.24, 2.45) is 5.92 Å². The van der Waals surface area contributed by atoms with Crippen LogP contribution in [-0.4, -0.2) is 35.0 Å². The van der Waals surface area contributed by atoms with Crippen molar-refractivity contribution in [2.45, 2.75) is 38.8 Å². The van der Waals surface area contributed by atoms with Gasteiger partial charge in [0, 0.05) is 0 Å². The van der Waals surface area contributed by atoms with Gasteiger partial charge in [-0.3, -0.25) is 9.59 Å². The summed E-state index contributed by atoms with van der Waals surface area (Å²) in [6.07, 6.45) is -0.887. The minimum absolute atomic E-state index is 0.123. The van der Waals surface area contributed by atoms with Crippen LogP contribution >= 0.6 is 0 Å². The molecule has 124 valence electrons. The van der Waals surface area contributed by atoms with E-state index in [9.17, 15) is 14.4 Å². The molecule has 1 aromatic rings. The van der Waals surface area contributed by atoms with Crippen molar-refractivity contribution in [3.63, 3.8) is 0 Å². The number of ether oxygens (including phenoxy) is 1. The Hall–Kier alpha value is -2.57. The molecule has 0 radical (unpaired) electrons. The third-order valence-corrected chi connectivity index (χ3v) is 3.42. The van der Waals surface area contributed by atoms with Crippen molar-refractivity contribution >= 4 is 23.5 Å². The fraction of sp³-hybridized carbons (Fsp3) is 0.438. The van der Waals surface area contributed by atoms with E-state index in [4.69, 9.17) is 9.84 Å². The number of para-hydroxylation sites is 2. The molecule has 2 atom stereocenters.